The summed E-state index contributed by atoms with van der Waals surface area (Å²) < 4.78 is 10.7. The number of nitrogens with zero attached hydrogens (tertiary/aromatic N) is 4. The third-order valence-corrected chi connectivity index (χ3v) is 6.08. The molecular formula is C19H22Cl2N6O3. The lowest BCUT2D eigenvalue weighted by Gasteiger charge is -2.42. The standard InChI is InChI=1S/C19H22Cl2N6O3/c1-29-12-7-13(30-2)15(21)16(14(12)20)26-9-10-8-24-18(22)25-17(10)27(19(26)28)11-3-5-23-6-4-11/h7-8,11,23H,3-6,9H2,1-2H3,(H2,22,24,25). The lowest BCUT2D eigenvalue weighted by molar-refractivity contribution is 0.245. The lowest BCUT2D eigenvalue weighted by atomic mass is 10.0. The Balaban J connectivity index is 1.86. The quantitative estimate of drug-likeness (QED) is 0.733. The van der Waals surface area contributed by atoms with Gasteiger partial charge in [-0.3, -0.25) is 9.80 Å². The molecule has 0 bridgehead atoms. The van der Waals surface area contributed by atoms with Gasteiger partial charge in [0.2, 0.25) is 5.95 Å². The summed E-state index contributed by atoms with van der Waals surface area (Å²) in [4.78, 5) is 25.4. The molecule has 3 heterocycles. The number of anilines is 3. The van der Waals surface area contributed by atoms with Crippen LogP contribution in [0.2, 0.25) is 10.0 Å². The van der Waals surface area contributed by atoms with Crippen molar-refractivity contribution in [3.05, 3.63) is 27.9 Å². The maximum atomic E-state index is 13.7. The Morgan fingerprint density at radius 3 is 2.40 bits per heavy atom. The zero-order chi connectivity index (χ0) is 21.4. The minimum atomic E-state index is -0.286. The maximum Gasteiger partial charge on any atom is 0.330 e. The first-order chi connectivity index (χ1) is 14.5. The van der Waals surface area contributed by atoms with Crippen LogP contribution in [0.15, 0.2) is 12.3 Å². The number of hydrogen-bond donors (Lipinski definition) is 2. The number of piperidine rings is 1. The number of hydrogen-bond acceptors (Lipinski definition) is 7. The topological polar surface area (TPSA) is 106 Å². The fourth-order valence-corrected chi connectivity index (χ4v) is 4.57. The molecule has 1 fully saturated rings. The molecule has 2 amide bonds. The van der Waals surface area contributed by atoms with Crippen molar-refractivity contribution in [3.63, 3.8) is 0 Å². The van der Waals surface area contributed by atoms with E-state index in [0.29, 0.717) is 23.0 Å². The van der Waals surface area contributed by atoms with E-state index in [4.69, 9.17) is 38.4 Å². The summed E-state index contributed by atoms with van der Waals surface area (Å²) in [5.74, 6) is 1.35. The van der Waals surface area contributed by atoms with E-state index in [1.54, 1.807) is 17.2 Å². The summed E-state index contributed by atoms with van der Waals surface area (Å²) in [6.07, 6.45) is 3.20. The zero-order valence-corrected chi connectivity index (χ0v) is 18.1. The summed E-state index contributed by atoms with van der Waals surface area (Å²) >= 11 is 13.2. The molecule has 2 aliphatic rings. The molecule has 30 heavy (non-hydrogen) atoms. The summed E-state index contributed by atoms with van der Waals surface area (Å²) in [5, 5.41) is 3.76. The highest BCUT2D eigenvalue weighted by atomic mass is 35.5. The number of urea groups is 1. The Kier molecular flexibility index (Phi) is 5.77. The van der Waals surface area contributed by atoms with Crippen LogP contribution in [0, 0.1) is 0 Å². The second-order valence-electron chi connectivity index (χ2n) is 7.05. The number of benzene rings is 1. The number of methoxy groups -OCH3 is 2. The van der Waals surface area contributed by atoms with Crippen LogP contribution in [0.5, 0.6) is 11.5 Å². The molecule has 2 aliphatic heterocycles. The van der Waals surface area contributed by atoms with Crippen molar-refractivity contribution < 1.29 is 14.3 Å². The van der Waals surface area contributed by atoms with Gasteiger partial charge in [0.25, 0.3) is 0 Å². The van der Waals surface area contributed by atoms with Crippen molar-refractivity contribution in [2.45, 2.75) is 25.4 Å². The van der Waals surface area contributed by atoms with Crippen molar-refractivity contribution in [1.29, 1.82) is 0 Å². The van der Waals surface area contributed by atoms with Crippen LogP contribution in [0.3, 0.4) is 0 Å². The average Bonchev–Trinajstić information content (AvgIpc) is 2.75. The van der Waals surface area contributed by atoms with Gasteiger partial charge >= 0.3 is 6.03 Å². The molecule has 0 unspecified atom stereocenters. The van der Waals surface area contributed by atoms with Gasteiger partial charge in [-0.15, -0.1) is 0 Å². The van der Waals surface area contributed by atoms with E-state index in [9.17, 15) is 4.79 Å². The minimum absolute atomic E-state index is 0.0420. The van der Waals surface area contributed by atoms with Crippen LogP contribution in [0.1, 0.15) is 18.4 Å². The number of amides is 2. The van der Waals surface area contributed by atoms with Gasteiger partial charge in [-0.25, -0.2) is 9.78 Å². The van der Waals surface area contributed by atoms with Crippen molar-refractivity contribution in [2.24, 2.45) is 0 Å². The number of carbonyl (C=O) groups is 1. The Morgan fingerprint density at radius 1 is 1.17 bits per heavy atom. The molecule has 1 saturated heterocycles. The predicted octanol–water partition coefficient (Wildman–Crippen LogP) is 3.08. The number of rotatable bonds is 4. The summed E-state index contributed by atoms with van der Waals surface area (Å²) in [5.41, 5.74) is 6.89. The molecule has 11 heteroatoms. The smallest absolute Gasteiger partial charge is 0.330 e. The van der Waals surface area contributed by atoms with Gasteiger partial charge in [0, 0.05) is 23.9 Å². The second kappa shape index (κ2) is 8.33. The highest BCUT2D eigenvalue weighted by Gasteiger charge is 2.40. The summed E-state index contributed by atoms with van der Waals surface area (Å²) in [7, 11) is 2.98. The molecule has 3 N–H and O–H groups in total. The molecular weight excluding hydrogens is 431 g/mol. The molecule has 2 aromatic rings. The molecule has 160 valence electrons. The van der Waals surface area contributed by atoms with E-state index < -0.39 is 0 Å². The number of nitrogens with one attached hydrogen (secondary N) is 1. The second-order valence-corrected chi connectivity index (χ2v) is 7.81. The number of halogens is 2. The van der Waals surface area contributed by atoms with E-state index in [1.807, 2.05) is 0 Å². The van der Waals surface area contributed by atoms with Gasteiger partial charge in [-0.05, 0) is 25.9 Å². The largest absolute Gasteiger partial charge is 0.495 e. The fraction of sp³-hybridized carbons (Fsp3) is 0.421. The molecule has 1 aromatic carbocycles. The van der Waals surface area contributed by atoms with Crippen LogP contribution < -0.4 is 30.3 Å². The highest BCUT2D eigenvalue weighted by Crippen LogP contribution is 2.48. The normalized spacial score (nSPS) is 17.1. The number of carbonyl (C=O) groups excluding carboxylic acids is 1. The third-order valence-electron chi connectivity index (χ3n) is 5.35. The molecule has 9 nitrogen and oxygen atoms in total. The van der Waals surface area contributed by atoms with E-state index in [2.05, 4.69) is 15.3 Å². The molecule has 4 rings (SSSR count). The number of ether oxygens (including phenoxy) is 2. The first kappa shape index (κ1) is 20.8. The highest BCUT2D eigenvalue weighted by molar-refractivity contribution is 6.42. The van der Waals surface area contributed by atoms with Crippen molar-refractivity contribution >= 4 is 46.7 Å². The molecule has 0 atom stereocenters. The van der Waals surface area contributed by atoms with Crippen molar-refractivity contribution in [1.82, 2.24) is 15.3 Å². The first-order valence-electron chi connectivity index (χ1n) is 9.49. The van der Waals surface area contributed by atoms with Crippen LogP contribution in [-0.2, 0) is 6.54 Å². The van der Waals surface area contributed by atoms with E-state index in [-0.39, 0.29) is 34.6 Å². The number of aromatic nitrogens is 2. The van der Waals surface area contributed by atoms with E-state index >= 15 is 0 Å². The van der Waals surface area contributed by atoms with E-state index in [1.165, 1.54) is 19.1 Å². The Hall–Kier alpha value is -2.49. The van der Waals surface area contributed by atoms with Gasteiger partial charge in [0.1, 0.15) is 27.4 Å². The minimum Gasteiger partial charge on any atom is -0.495 e. The molecule has 1 aromatic heterocycles. The molecule has 0 saturated carbocycles. The predicted molar refractivity (Wildman–Crippen MR) is 116 cm³/mol. The third kappa shape index (κ3) is 3.46. The van der Waals surface area contributed by atoms with Gasteiger partial charge < -0.3 is 20.5 Å². The van der Waals surface area contributed by atoms with Gasteiger partial charge in [-0.2, -0.15) is 4.98 Å². The molecule has 0 radical (unpaired) electrons. The molecule has 0 spiro atoms. The van der Waals surface area contributed by atoms with Crippen LogP contribution in [0.25, 0.3) is 0 Å². The SMILES string of the molecule is COc1cc(OC)c(Cl)c(N2Cc3cnc(N)nc3N(C3CCNCC3)C2=O)c1Cl. The summed E-state index contributed by atoms with van der Waals surface area (Å²) in [6, 6.07) is 1.26. The van der Waals surface area contributed by atoms with Crippen LogP contribution >= 0.6 is 23.2 Å². The van der Waals surface area contributed by atoms with Gasteiger partial charge in [0.05, 0.1) is 26.5 Å². The molecule has 0 aliphatic carbocycles. The maximum absolute atomic E-state index is 13.7. The first-order valence-corrected chi connectivity index (χ1v) is 10.2. The van der Waals surface area contributed by atoms with Crippen molar-refractivity contribution in [2.75, 3.05) is 42.8 Å². The monoisotopic (exact) mass is 452 g/mol. The average molecular weight is 453 g/mol. The number of nitrogens with two attached hydrogens (primary N) is 1. The zero-order valence-electron chi connectivity index (χ0n) is 16.6. The van der Waals surface area contributed by atoms with Gasteiger partial charge in [-0.1, -0.05) is 23.2 Å². The van der Waals surface area contributed by atoms with Gasteiger partial charge in [0.15, 0.2) is 0 Å². The number of nitrogen functional groups attached to an aromatic ring is 1. The number of fused-ring (bicyclic) bond motifs is 1. The lowest BCUT2D eigenvalue weighted by Crippen LogP contribution is -2.55. The summed E-state index contributed by atoms with van der Waals surface area (Å²) in [6.45, 7) is 1.80. The van der Waals surface area contributed by atoms with E-state index in [0.717, 1.165) is 31.5 Å². The Morgan fingerprint density at radius 2 is 1.80 bits per heavy atom. The Bertz CT molecular complexity index is 955. The van der Waals surface area contributed by atoms with Crippen molar-refractivity contribution in [3.8, 4) is 11.5 Å². The van der Waals surface area contributed by atoms with Crippen LogP contribution in [0.4, 0.5) is 22.2 Å². The fourth-order valence-electron chi connectivity index (χ4n) is 3.87. The Labute approximate surface area is 184 Å². The van der Waals surface area contributed by atoms with Crippen LogP contribution in [-0.4, -0.2) is 49.4 Å².